The van der Waals surface area contributed by atoms with Crippen LogP contribution in [0.3, 0.4) is 0 Å². The minimum atomic E-state index is -1.04. The Balaban J connectivity index is 1.85. The second kappa shape index (κ2) is 5.48. The minimum absolute atomic E-state index is 0.161. The standard InChI is InChI=1S/C15H27N3O3/c1-14(2,12(19)20)15(3,4)17-13(21)16-10-7-8-18(9-10)11-5-6-11/h10-11H,5-9H2,1-4H3,(H,19,20)(H2,16,17,21). The third-order valence-electron chi connectivity index (χ3n) is 5.14. The smallest absolute Gasteiger partial charge is 0.315 e. The van der Waals surface area contributed by atoms with Gasteiger partial charge in [0.15, 0.2) is 0 Å². The van der Waals surface area contributed by atoms with Crippen LogP contribution in [-0.2, 0) is 4.79 Å². The van der Waals surface area contributed by atoms with E-state index in [9.17, 15) is 14.7 Å². The maximum absolute atomic E-state index is 12.1. The van der Waals surface area contributed by atoms with Crippen molar-refractivity contribution in [3.63, 3.8) is 0 Å². The number of carbonyl (C=O) groups excluding carboxylic acids is 1. The van der Waals surface area contributed by atoms with E-state index in [1.165, 1.54) is 12.8 Å². The summed E-state index contributed by atoms with van der Waals surface area (Å²) in [5.74, 6) is -0.923. The summed E-state index contributed by atoms with van der Waals surface area (Å²) in [4.78, 5) is 25.9. The fraction of sp³-hybridized carbons (Fsp3) is 0.867. The molecule has 0 aromatic heterocycles. The van der Waals surface area contributed by atoms with Crippen LogP contribution in [0.15, 0.2) is 0 Å². The van der Waals surface area contributed by atoms with Crippen LogP contribution in [0.4, 0.5) is 4.79 Å². The van der Waals surface area contributed by atoms with Gasteiger partial charge in [0, 0.05) is 25.2 Å². The van der Waals surface area contributed by atoms with Crippen molar-refractivity contribution in [3.8, 4) is 0 Å². The molecule has 120 valence electrons. The molecule has 6 heteroatoms. The maximum Gasteiger partial charge on any atom is 0.315 e. The van der Waals surface area contributed by atoms with Crippen LogP contribution in [0, 0.1) is 5.41 Å². The number of aliphatic carboxylic acids is 1. The summed E-state index contributed by atoms with van der Waals surface area (Å²) in [5.41, 5.74) is -1.88. The minimum Gasteiger partial charge on any atom is -0.481 e. The number of nitrogens with one attached hydrogen (secondary N) is 2. The van der Waals surface area contributed by atoms with Crippen molar-refractivity contribution in [3.05, 3.63) is 0 Å². The highest BCUT2D eigenvalue weighted by molar-refractivity contribution is 5.79. The van der Waals surface area contributed by atoms with Crippen molar-refractivity contribution in [2.24, 2.45) is 5.41 Å². The van der Waals surface area contributed by atoms with Gasteiger partial charge in [0.2, 0.25) is 0 Å². The number of nitrogens with zero attached hydrogens (tertiary/aromatic N) is 1. The monoisotopic (exact) mass is 297 g/mol. The lowest BCUT2D eigenvalue weighted by Gasteiger charge is -2.39. The highest BCUT2D eigenvalue weighted by Crippen LogP contribution is 2.31. The van der Waals surface area contributed by atoms with Gasteiger partial charge < -0.3 is 15.7 Å². The first-order valence-electron chi connectivity index (χ1n) is 7.69. The highest BCUT2D eigenvalue weighted by atomic mass is 16.4. The molecule has 2 amide bonds. The maximum atomic E-state index is 12.1. The molecule has 0 radical (unpaired) electrons. The second-order valence-electron chi connectivity index (χ2n) is 7.37. The Hall–Kier alpha value is -1.30. The number of amides is 2. The molecule has 2 fully saturated rings. The third kappa shape index (κ3) is 3.48. The van der Waals surface area contributed by atoms with Gasteiger partial charge in [-0.25, -0.2) is 4.79 Å². The number of urea groups is 1. The molecule has 1 atom stereocenters. The largest absolute Gasteiger partial charge is 0.481 e. The molecule has 2 rings (SSSR count). The van der Waals surface area contributed by atoms with Gasteiger partial charge in [-0.15, -0.1) is 0 Å². The molecule has 6 nitrogen and oxygen atoms in total. The van der Waals surface area contributed by atoms with Gasteiger partial charge in [0.25, 0.3) is 0 Å². The van der Waals surface area contributed by atoms with Gasteiger partial charge in [-0.1, -0.05) is 0 Å². The molecular formula is C15H27N3O3. The molecule has 1 aliphatic carbocycles. The molecule has 1 saturated carbocycles. The van der Waals surface area contributed by atoms with Gasteiger partial charge in [0.1, 0.15) is 0 Å². The molecule has 3 N–H and O–H groups in total. The molecule has 1 unspecified atom stereocenters. The summed E-state index contributed by atoms with van der Waals surface area (Å²) in [6, 6.07) is 0.605. The van der Waals surface area contributed by atoms with Crippen LogP contribution in [0.25, 0.3) is 0 Å². The molecular weight excluding hydrogens is 270 g/mol. The fourth-order valence-electron chi connectivity index (χ4n) is 2.61. The number of rotatable bonds is 5. The number of hydrogen-bond acceptors (Lipinski definition) is 3. The molecule has 0 aromatic rings. The highest BCUT2D eigenvalue weighted by Gasteiger charge is 2.45. The van der Waals surface area contributed by atoms with E-state index >= 15 is 0 Å². The quantitative estimate of drug-likeness (QED) is 0.716. The molecule has 0 spiro atoms. The predicted octanol–water partition coefficient (Wildman–Crippen LogP) is 1.41. The molecule has 1 aliphatic heterocycles. The molecule has 1 saturated heterocycles. The van der Waals surface area contributed by atoms with Crippen molar-refractivity contribution in [2.45, 2.75) is 64.6 Å². The van der Waals surface area contributed by atoms with E-state index in [4.69, 9.17) is 0 Å². The first-order valence-corrected chi connectivity index (χ1v) is 7.69. The summed E-state index contributed by atoms with van der Waals surface area (Å²) in [6.45, 7) is 8.68. The Morgan fingerprint density at radius 1 is 1.14 bits per heavy atom. The molecule has 0 aromatic carbocycles. The topological polar surface area (TPSA) is 81.7 Å². The van der Waals surface area contributed by atoms with Crippen molar-refractivity contribution in [1.29, 1.82) is 0 Å². The van der Waals surface area contributed by atoms with Gasteiger partial charge >= 0.3 is 12.0 Å². The lowest BCUT2D eigenvalue weighted by Crippen LogP contribution is -2.60. The lowest BCUT2D eigenvalue weighted by molar-refractivity contribution is -0.150. The summed E-state index contributed by atoms with van der Waals surface area (Å²) in [6.07, 6.45) is 3.52. The van der Waals surface area contributed by atoms with Gasteiger partial charge in [-0.2, -0.15) is 0 Å². The molecule has 0 bridgehead atoms. The molecule has 1 heterocycles. The van der Waals surface area contributed by atoms with Crippen LogP contribution in [0.1, 0.15) is 47.0 Å². The van der Waals surface area contributed by atoms with E-state index in [-0.39, 0.29) is 12.1 Å². The van der Waals surface area contributed by atoms with E-state index in [1.54, 1.807) is 27.7 Å². The zero-order chi connectivity index (χ0) is 15.8. The number of carbonyl (C=O) groups is 2. The number of carboxylic acids is 1. The number of hydrogen-bond donors (Lipinski definition) is 3. The number of carboxylic acid groups (broad SMARTS) is 1. The Morgan fingerprint density at radius 3 is 2.29 bits per heavy atom. The van der Waals surface area contributed by atoms with Gasteiger partial charge in [-0.3, -0.25) is 9.69 Å². The third-order valence-corrected chi connectivity index (χ3v) is 5.14. The Morgan fingerprint density at radius 2 is 1.76 bits per heavy atom. The zero-order valence-corrected chi connectivity index (χ0v) is 13.4. The van der Waals surface area contributed by atoms with Crippen molar-refractivity contribution in [1.82, 2.24) is 15.5 Å². The van der Waals surface area contributed by atoms with Crippen molar-refractivity contribution in [2.75, 3.05) is 13.1 Å². The SMILES string of the molecule is CC(C)(NC(=O)NC1CCN(C2CC2)C1)C(C)(C)C(=O)O. The summed E-state index contributed by atoms with van der Waals surface area (Å²) >= 11 is 0. The normalized spacial score (nSPS) is 23.9. The van der Waals surface area contributed by atoms with Crippen molar-refractivity contribution >= 4 is 12.0 Å². The lowest BCUT2D eigenvalue weighted by atomic mass is 9.74. The first-order chi connectivity index (χ1) is 9.63. The van der Waals surface area contributed by atoms with Gasteiger partial charge in [-0.05, 0) is 47.0 Å². The Labute approximate surface area is 126 Å². The average molecular weight is 297 g/mol. The van der Waals surface area contributed by atoms with E-state index < -0.39 is 16.9 Å². The fourth-order valence-corrected chi connectivity index (χ4v) is 2.61. The summed E-state index contributed by atoms with van der Waals surface area (Å²) in [7, 11) is 0. The van der Waals surface area contributed by atoms with Crippen LogP contribution in [-0.4, -0.2) is 52.7 Å². The number of likely N-dealkylation sites (tertiary alicyclic amines) is 1. The van der Waals surface area contributed by atoms with E-state index in [0.717, 1.165) is 25.6 Å². The van der Waals surface area contributed by atoms with Crippen LogP contribution in [0.5, 0.6) is 0 Å². The Kier molecular flexibility index (Phi) is 4.19. The van der Waals surface area contributed by atoms with Crippen LogP contribution >= 0.6 is 0 Å². The van der Waals surface area contributed by atoms with E-state index in [1.807, 2.05) is 0 Å². The van der Waals surface area contributed by atoms with E-state index in [0.29, 0.717) is 0 Å². The van der Waals surface area contributed by atoms with Crippen LogP contribution < -0.4 is 10.6 Å². The first kappa shape index (κ1) is 16.1. The van der Waals surface area contributed by atoms with Crippen LogP contribution in [0.2, 0.25) is 0 Å². The zero-order valence-electron chi connectivity index (χ0n) is 13.4. The Bertz CT molecular complexity index is 430. The molecule has 2 aliphatic rings. The van der Waals surface area contributed by atoms with E-state index in [2.05, 4.69) is 15.5 Å². The van der Waals surface area contributed by atoms with Crippen molar-refractivity contribution < 1.29 is 14.7 Å². The average Bonchev–Trinajstić information content (AvgIpc) is 3.09. The summed E-state index contributed by atoms with van der Waals surface area (Å²) < 4.78 is 0. The summed E-state index contributed by atoms with van der Waals surface area (Å²) in [5, 5.41) is 15.1. The second-order valence-corrected chi connectivity index (χ2v) is 7.37. The molecule has 21 heavy (non-hydrogen) atoms. The predicted molar refractivity (Wildman–Crippen MR) is 80.2 cm³/mol. The van der Waals surface area contributed by atoms with Gasteiger partial charge in [0.05, 0.1) is 11.0 Å².